The van der Waals surface area contributed by atoms with E-state index in [0.29, 0.717) is 21.4 Å². The number of hydrogen-bond donors (Lipinski definition) is 2. The van der Waals surface area contributed by atoms with Crippen LogP contribution in [0.1, 0.15) is 41.8 Å². The van der Waals surface area contributed by atoms with Gasteiger partial charge in [0.05, 0.1) is 22.1 Å². The Labute approximate surface area is 149 Å². The van der Waals surface area contributed by atoms with Crippen molar-refractivity contribution in [2.45, 2.75) is 33.7 Å². The second-order valence-corrected chi connectivity index (χ2v) is 6.86. The Morgan fingerprint density at radius 2 is 2.00 bits per heavy atom. The van der Waals surface area contributed by atoms with E-state index in [1.807, 2.05) is 32.4 Å². The fourth-order valence-corrected chi connectivity index (χ4v) is 3.27. The molecule has 0 aliphatic carbocycles. The number of rotatable bonds is 3. The molecule has 0 atom stereocenters. The van der Waals surface area contributed by atoms with Crippen molar-refractivity contribution in [2.24, 2.45) is 0 Å². The molecule has 0 fully saturated rings. The number of aromatic amines is 1. The van der Waals surface area contributed by atoms with Gasteiger partial charge >= 0.3 is 0 Å². The van der Waals surface area contributed by atoms with Gasteiger partial charge in [-0.05, 0) is 45.9 Å². The molecule has 0 radical (unpaired) electrons. The third kappa shape index (κ3) is 2.78. The van der Waals surface area contributed by atoms with Crippen molar-refractivity contribution in [3.63, 3.8) is 0 Å². The maximum absolute atomic E-state index is 12.7. The van der Waals surface area contributed by atoms with Crippen LogP contribution in [0.4, 0.5) is 5.69 Å². The van der Waals surface area contributed by atoms with Crippen LogP contribution >= 0.6 is 23.2 Å². The third-order valence-electron chi connectivity index (χ3n) is 3.98. The predicted molar refractivity (Wildman–Crippen MR) is 98.4 cm³/mol. The quantitative estimate of drug-likeness (QED) is 0.677. The smallest absolute Gasteiger partial charge is 0.273 e. The summed E-state index contributed by atoms with van der Waals surface area (Å²) in [7, 11) is 0. The highest BCUT2D eigenvalue weighted by molar-refractivity contribution is 6.40. The molecule has 0 bridgehead atoms. The second kappa shape index (κ2) is 6.15. The summed E-state index contributed by atoms with van der Waals surface area (Å²) in [6.45, 7) is 7.89. The average molecular weight is 365 g/mol. The van der Waals surface area contributed by atoms with Crippen LogP contribution in [0.15, 0.2) is 18.2 Å². The van der Waals surface area contributed by atoms with Gasteiger partial charge in [-0.2, -0.15) is 5.10 Å². The molecular formula is C17H18Cl2N4O. The highest BCUT2D eigenvalue weighted by Crippen LogP contribution is 2.31. The first kappa shape index (κ1) is 16.9. The number of halogens is 2. The Morgan fingerprint density at radius 3 is 2.62 bits per heavy atom. The van der Waals surface area contributed by atoms with Crippen molar-refractivity contribution in [1.29, 1.82) is 0 Å². The van der Waals surface area contributed by atoms with Crippen LogP contribution in [-0.2, 0) is 0 Å². The standard InChI is InChI=1S/C17H18Cl2N4O/c1-8(2)23-10(4)15(9(3)22-23)21-17(24)16-14(19)12-7-11(18)5-6-13(12)20-16/h5-8,20H,1-4H3,(H,21,24). The molecule has 3 rings (SSSR count). The number of fused-ring (bicyclic) bond motifs is 1. The Morgan fingerprint density at radius 1 is 1.29 bits per heavy atom. The summed E-state index contributed by atoms with van der Waals surface area (Å²) >= 11 is 12.4. The molecule has 126 valence electrons. The van der Waals surface area contributed by atoms with E-state index in [0.717, 1.165) is 22.3 Å². The number of anilines is 1. The number of benzene rings is 1. The van der Waals surface area contributed by atoms with Crippen LogP contribution in [-0.4, -0.2) is 20.7 Å². The Hall–Kier alpha value is -1.98. The molecule has 0 saturated heterocycles. The minimum atomic E-state index is -0.304. The first-order chi connectivity index (χ1) is 11.3. The molecule has 3 aromatic rings. The summed E-state index contributed by atoms with van der Waals surface area (Å²) in [6, 6.07) is 5.50. The first-order valence-electron chi connectivity index (χ1n) is 7.63. The predicted octanol–water partition coefficient (Wildman–Crippen LogP) is 5.12. The Bertz CT molecular complexity index is 940. The number of hydrogen-bond acceptors (Lipinski definition) is 2. The van der Waals surface area contributed by atoms with Crippen molar-refractivity contribution in [3.05, 3.63) is 45.3 Å². The van der Waals surface area contributed by atoms with Gasteiger partial charge in [0.25, 0.3) is 5.91 Å². The number of nitrogens with one attached hydrogen (secondary N) is 2. The van der Waals surface area contributed by atoms with Crippen molar-refractivity contribution in [1.82, 2.24) is 14.8 Å². The topological polar surface area (TPSA) is 62.7 Å². The molecule has 2 heterocycles. The van der Waals surface area contributed by atoms with E-state index in [2.05, 4.69) is 15.4 Å². The first-order valence-corrected chi connectivity index (χ1v) is 8.39. The fourth-order valence-electron chi connectivity index (χ4n) is 2.81. The lowest BCUT2D eigenvalue weighted by atomic mass is 10.2. The normalized spacial score (nSPS) is 11.5. The van der Waals surface area contributed by atoms with E-state index in [1.165, 1.54) is 0 Å². The zero-order valence-corrected chi connectivity index (χ0v) is 15.4. The van der Waals surface area contributed by atoms with Gasteiger partial charge in [0.1, 0.15) is 5.69 Å². The maximum atomic E-state index is 12.7. The SMILES string of the molecule is Cc1nn(C(C)C)c(C)c1NC(=O)c1[nH]c2ccc(Cl)cc2c1Cl. The highest BCUT2D eigenvalue weighted by atomic mass is 35.5. The summed E-state index contributed by atoms with van der Waals surface area (Å²) in [5.41, 5.74) is 3.46. The van der Waals surface area contributed by atoms with Crippen molar-refractivity contribution in [2.75, 3.05) is 5.32 Å². The van der Waals surface area contributed by atoms with E-state index in [4.69, 9.17) is 23.2 Å². The van der Waals surface area contributed by atoms with Gasteiger partial charge < -0.3 is 10.3 Å². The van der Waals surface area contributed by atoms with Crippen LogP contribution in [0.25, 0.3) is 10.9 Å². The van der Waals surface area contributed by atoms with E-state index in [9.17, 15) is 4.79 Å². The summed E-state index contributed by atoms with van der Waals surface area (Å²) < 4.78 is 1.89. The molecule has 0 saturated carbocycles. The van der Waals surface area contributed by atoms with Gasteiger partial charge in [0, 0.05) is 22.0 Å². The lowest BCUT2D eigenvalue weighted by Gasteiger charge is -2.09. The molecule has 0 aliphatic heterocycles. The zero-order valence-electron chi connectivity index (χ0n) is 13.9. The minimum Gasteiger partial charge on any atom is -0.349 e. The molecule has 1 amide bonds. The number of nitrogens with zero attached hydrogens (tertiary/aromatic N) is 2. The van der Waals surface area contributed by atoms with Crippen LogP contribution < -0.4 is 5.32 Å². The molecule has 5 nitrogen and oxygen atoms in total. The van der Waals surface area contributed by atoms with Gasteiger partial charge in [-0.25, -0.2) is 0 Å². The molecule has 24 heavy (non-hydrogen) atoms. The highest BCUT2D eigenvalue weighted by Gasteiger charge is 2.20. The third-order valence-corrected chi connectivity index (χ3v) is 4.60. The molecule has 0 aliphatic rings. The summed E-state index contributed by atoms with van der Waals surface area (Å²) in [5.74, 6) is -0.304. The van der Waals surface area contributed by atoms with Crippen LogP contribution in [0, 0.1) is 13.8 Å². The monoisotopic (exact) mass is 364 g/mol. The summed E-state index contributed by atoms with van der Waals surface area (Å²) in [4.78, 5) is 15.7. The van der Waals surface area contributed by atoms with Gasteiger partial charge in [-0.15, -0.1) is 0 Å². The second-order valence-electron chi connectivity index (χ2n) is 6.04. The number of carbonyl (C=O) groups is 1. The number of aromatic nitrogens is 3. The van der Waals surface area contributed by atoms with Crippen molar-refractivity contribution in [3.8, 4) is 0 Å². The number of aryl methyl sites for hydroxylation is 1. The van der Waals surface area contributed by atoms with Crippen LogP contribution in [0.2, 0.25) is 10.0 Å². The van der Waals surface area contributed by atoms with Gasteiger partial charge in [0.15, 0.2) is 0 Å². The van der Waals surface area contributed by atoms with Crippen molar-refractivity contribution < 1.29 is 4.79 Å². The molecule has 0 spiro atoms. The summed E-state index contributed by atoms with van der Waals surface area (Å²) in [6.07, 6.45) is 0. The van der Waals surface area contributed by atoms with E-state index in [1.54, 1.807) is 18.2 Å². The molecule has 2 aromatic heterocycles. The Balaban J connectivity index is 1.98. The number of H-pyrrole nitrogens is 1. The fraction of sp³-hybridized carbons (Fsp3) is 0.294. The largest absolute Gasteiger partial charge is 0.349 e. The van der Waals surface area contributed by atoms with Gasteiger partial charge in [-0.1, -0.05) is 23.2 Å². The molecular weight excluding hydrogens is 347 g/mol. The van der Waals surface area contributed by atoms with E-state index >= 15 is 0 Å². The van der Waals surface area contributed by atoms with Crippen molar-refractivity contribution >= 4 is 45.7 Å². The Kier molecular flexibility index (Phi) is 4.32. The number of amides is 1. The average Bonchev–Trinajstić information content (AvgIpc) is 2.99. The maximum Gasteiger partial charge on any atom is 0.273 e. The minimum absolute atomic E-state index is 0.216. The lowest BCUT2D eigenvalue weighted by Crippen LogP contribution is -2.14. The number of carbonyl (C=O) groups excluding carboxylic acids is 1. The van der Waals surface area contributed by atoms with E-state index < -0.39 is 0 Å². The molecule has 0 unspecified atom stereocenters. The van der Waals surface area contributed by atoms with Gasteiger partial charge in [-0.3, -0.25) is 9.48 Å². The molecule has 1 aromatic carbocycles. The van der Waals surface area contributed by atoms with E-state index in [-0.39, 0.29) is 11.9 Å². The molecule has 7 heteroatoms. The molecule has 2 N–H and O–H groups in total. The summed E-state index contributed by atoms with van der Waals surface area (Å²) in [5, 5.41) is 9.04. The van der Waals surface area contributed by atoms with Gasteiger partial charge in [0.2, 0.25) is 0 Å². The van der Waals surface area contributed by atoms with Crippen LogP contribution in [0.5, 0.6) is 0 Å². The lowest BCUT2D eigenvalue weighted by molar-refractivity contribution is 0.102. The zero-order chi connectivity index (χ0) is 17.6. The van der Waals surface area contributed by atoms with Crippen LogP contribution in [0.3, 0.4) is 0 Å².